The first kappa shape index (κ1) is 16.7. The van der Waals surface area contributed by atoms with Crippen molar-refractivity contribution >= 4 is 23.9 Å². The Kier molecular flexibility index (Phi) is 6.36. The summed E-state index contributed by atoms with van der Waals surface area (Å²) in [5.74, 6) is 0. The number of pyridine rings is 1. The summed E-state index contributed by atoms with van der Waals surface area (Å²) in [6.07, 6.45) is 6.04. The van der Waals surface area contributed by atoms with Crippen LogP contribution in [0.1, 0.15) is 36.7 Å². The maximum atomic E-state index is 11.7. The van der Waals surface area contributed by atoms with Crippen molar-refractivity contribution in [3.05, 3.63) is 59.4 Å². The van der Waals surface area contributed by atoms with E-state index in [-0.39, 0.29) is 6.03 Å². The minimum Gasteiger partial charge on any atom is -0.338 e. The van der Waals surface area contributed by atoms with E-state index in [2.05, 4.69) is 22.5 Å². The smallest absolute Gasteiger partial charge is 0.319 e. The number of amides is 2. The molecule has 4 heteroatoms. The molecule has 2 rings (SSSR count). The van der Waals surface area contributed by atoms with Crippen LogP contribution >= 0.6 is 0 Å². The van der Waals surface area contributed by atoms with Gasteiger partial charge in [0.1, 0.15) is 0 Å². The molecule has 2 aromatic rings. The first-order valence-electron chi connectivity index (χ1n) is 7.94. The van der Waals surface area contributed by atoms with Crippen molar-refractivity contribution in [2.24, 2.45) is 0 Å². The van der Waals surface area contributed by atoms with Crippen LogP contribution in [0.2, 0.25) is 0 Å². The molecule has 2 N–H and O–H groups in total. The van der Waals surface area contributed by atoms with Gasteiger partial charge in [-0.2, -0.15) is 0 Å². The van der Waals surface area contributed by atoms with Gasteiger partial charge in [-0.1, -0.05) is 37.6 Å². The number of unbranched alkanes of at least 4 members (excludes halogenated alkanes) is 1. The minimum absolute atomic E-state index is 0.161. The number of nitrogens with one attached hydrogen (secondary N) is 2. The van der Waals surface area contributed by atoms with Gasteiger partial charge < -0.3 is 10.6 Å². The quantitative estimate of drug-likeness (QED) is 0.773. The second-order valence-corrected chi connectivity index (χ2v) is 5.39. The van der Waals surface area contributed by atoms with Crippen LogP contribution in [0.4, 0.5) is 10.5 Å². The van der Waals surface area contributed by atoms with Gasteiger partial charge in [-0.05, 0) is 49.2 Å². The molecule has 0 bridgehead atoms. The Balaban J connectivity index is 1.90. The highest BCUT2D eigenvalue weighted by Crippen LogP contribution is 2.12. The van der Waals surface area contributed by atoms with Crippen molar-refractivity contribution < 1.29 is 4.79 Å². The van der Waals surface area contributed by atoms with Crippen LogP contribution in [-0.4, -0.2) is 17.6 Å². The lowest BCUT2D eigenvalue weighted by atomic mass is 10.1. The molecule has 1 heterocycles. The number of nitrogens with zero attached hydrogens (tertiary/aromatic N) is 1. The van der Waals surface area contributed by atoms with Gasteiger partial charge >= 0.3 is 6.03 Å². The van der Waals surface area contributed by atoms with Crippen molar-refractivity contribution in [3.8, 4) is 0 Å². The second kappa shape index (κ2) is 8.73. The Morgan fingerprint density at radius 1 is 1.13 bits per heavy atom. The molecule has 0 saturated carbocycles. The van der Waals surface area contributed by atoms with Gasteiger partial charge in [-0.3, -0.25) is 4.98 Å². The SMILES string of the molecule is CCCCNC(=O)Nc1ccc(C=Cc2cccc(C)n2)cc1. The third-order valence-electron chi connectivity index (χ3n) is 3.34. The number of hydrogen-bond donors (Lipinski definition) is 2. The molecule has 0 aliphatic rings. The molecule has 0 aliphatic carbocycles. The Labute approximate surface area is 137 Å². The topological polar surface area (TPSA) is 54.0 Å². The Morgan fingerprint density at radius 2 is 1.91 bits per heavy atom. The molecular formula is C19H23N3O. The van der Waals surface area contributed by atoms with Gasteiger partial charge in [0.2, 0.25) is 0 Å². The van der Waals surface area contributed by atoms with E-state index in [1.807, 2.05) is 61.5 Å². The third kappa shape index (κ3) is 5.94. The van der Waals surface area contributed by atoms with E-state index in [0.717, 1.165) is 35.5 Å². The molecular weight excluding hydrogens is 286 g/mol. The van der Waals surface area contributed by atoms with E-state index >= 15 is 0 Å². The van der Waals surface area contributed by atoms with Crippen LogP contribution in [0.25, 0.3) is 12.2 Å². The predicted octanol–water partition coefficient (Wildman–Crippen LogP) is 4.48. The van der Waals surface area contributed by atoms with Crippen molar-refractivity contribution in [1.82, 2.24) is 10.3 Å². The van der Waals surface area contributed by atoms with Crippen LogP contribution in [0.5, 0.6) is 0 Å². The number of anilines is 1. The molecule has 0 saturated heterocycles. The van der Waals surface area contributed by atoms with E-state index in [1.54, 1.807) is 0 Å². The molecule has 0 fully saturated rings. The molecule has 0 aliphatic heterocycles. The van der Waals surface area contributed by atoms with Gasteiger partial charge in [0.05, 0.1) is 5.69 Å². The lowest BCUT2D eigenvalue weighted by Gasteiger charge is -2.07. The highest BCUT2D eigenvalue weighted by Gasteiger charge is 2.00. The molecule has 4 nitrogen and oxygen atoms in total. The van der Waals surface area contributed by atoms with Crippen LogP contribution in [-0.2, 0) is 0 Å². The fourth-order valence-electron chi connectivity index (χ4n) is 2.07. The van der Waals surface area contributed by atoms with E-state index in [1.165, 1.54) is 0 Å². The number of urea groups is 1. The molecule has 1 aromatic carbocycles. The standard InChI is InChI=1S/C19H23N3O/c1-3-4-14-20-19(23)22-18-12-9-16(10-13-18)8-11-17-7-5-6-15(2)21-17/h5-13H,3-4,14H2,1-2H3,(H2,20,22,23). The van der Waals surface area contributed by atoms with Gasteiger partial charge in [0.15, 0.2) is 0 Å². The summed E-state index contributed by atoms with van der Waals surface area (Å²) < 4.78 is 0. The largest absolute Gasteiger partial charge is 0.338 e. The molecule has 2 amide bonds. The Bertz CT molecular complexity index is 663. The molecule has 0 atom stereocenters. The highest BCUT2D eigenvalue weighted by atomic mass is 16.2. The first-order valence-corrected chi connectivity index (χ1v) is 7.94. The highest BCUT2D eigenvalue weighted by molar-refractivity contribution is 5.89. The Hall–Kier alpha value is -2.62. The molecule has 23 heavy (non-hydrogen) atoms. The van der Waals surface area contributed by atoms with Crippen LogP contribution < -0.4 is 10.6 Å². The van der Waals surface area contributed by atoms with Gasteiger partial charge in [0, 0.05) is 17.9 Å². The second-order valence-electron chi connectivity index (χ2n) is 5.39. The number of rotatable bonds is 6. The number of aromatic nitrogens is 1. The van der Waals surface area contributed by atoms with Crippen LogP contribution in [0.3, 0.4) is 0 Å². The number of hydrogen-bond acceptors (Lipinski definition) is 2. The van der Waals surface area contributed by atoms with Crippen molar-refractivity contribution in [2.75, 3.05) is 11.9 Å². The van der Waals surface area contributed by atoms with Crippen LogP contribution in [0, 0.1) is 6.92 Å². The monoisotopic (exact) mass is 309 g/mol. The fourth-order valence-corrected chi connectivity index (χ4v) is 2.07. The van der Waals surface area contributed by atoms with E-state index in [4.69, 9.17) is 0 Å². The van der Waals surface area contributed by atoms with E-state index in [9.17, 15) is 4.79 Å². The fraction of sp³-hybridized carbons (Fsp3) is 0.263. The maximum Gasteiger partial charge on any atom is 0.319 e. The predicted molar refractivity (Wildman–Crippen MR) is 96.3 cm³/mol. The van der Waals surface area contributed by atoms with Crippen molar-refractivity contribution in [2.45, 2.75) is 26.7 Å². The number of carbonyl (C=O) groups is 1. The summed E-state index contributed by atoms with van der Waals surface area (Å²) in [6, 6.07) is 13.5. The zero-order valence-corrected chi connectivity index (χ0v) is 13.7. The molecule has 0 spiro atoms. The summed E-state index contributed by atoms with van der Waals surface area (Å²) in [7, 11) is 0. The zero-order valence-electron chi connectivity index (χ0n) is 13.7. The summed E-state index contributed by atoms with van der Waals surface area (Å²) in [5.41, 5.74) is 3.78. The summed E-state index contributed by atoms with van der Waals surface area (Å²) in [6.45, 7) is 4.77. The Morgan fingerprint density at radius 3 is 2.61 bits per heavy atom. The van der Waals surface area contributed by atoms with Gasteiger partial charge in [0.25, 0.3) is 0 Å². The van der Waals surface area contributed by atoms with Gasteiger partial charge in [-0.15, -0.1) is 0 Å². The number of carbonyl (C=O) groups excluding carboxylic acids is 1. The van der Waals surface area contributed by atoms with Crippen molar-refractivity contribution in [3.63, 3.8) is 0 Å². The average molecular weight is 309 g/mol. The summed E-state index contributed by atoms with van der Waals surface area (Å²) in [5, 5.41) is 5.65. The molecule has 0 unspecified atom stereocenters. The normalized spacial score (nSPS) is 10.7. The van der Waals surface area contributed by atoms with Crippen LogP contribution in [0.15, 0.2) is 42.5 Å². The maximum absolute atomic E-state index is 11.7. The third-order valence-corrected chi connectivity index (χ3v) is 3.34. The molecule has 0 radical (unpaired) electrons. The van der Waals surface area contributed by atoms with Gasteiger partial charge in [-0.25, -0.2) is 4.79 Å². The lowest BCUT2D eigenvalue weighted by molar-refractivity contribution is 0.252. The molecule has 1 aromatic heterocycles. The lowest BCUT2D eigenvalue weighted by Crippen LogP contribution is -2.29. The van der Waals surface area contributed by atoms with E-state index in [0.29, 0.717) is 6.54 Å². The molecule has 120 valence electrons. The zero-order chi connectivity index (χ0) is 16.5. The summed E-state index contributed by atoms with van der Waals surface area (Å²) >= 11 is 0. The number of benzene rings is 1. The summed E-state index contributed by atoms with van der Waals surface area (Å²) in [4.78, 5) is 16.1. The minimum atomic E-state index is -0.161. The average Bonchev–Trinajstić information content (AvgIpc) is 2.54. The number of aryl methyl sites for hydroxylation is 1. The van der Waals surface area contributed by atoms with Crippen molar-refractivity contribution in [1.29, 1.82) is 0 Å². The van der Waals surface area contributed by atoms with E-state index < -0.39 is 0 Å². The first-order chi connectivity index (χ1) is 11.2.